The molecule has 0 heterocycles. The van der Waals surface area contributed by atoms with Gasteiger partial charge in [0, 0.05) is 6.04 Å². The summed E-state index contributed by atoms with van der Waals surface area (Å²) in [7, 11) is -3.65. The summed E-state index contributed by atoms with van der Waals surface area (Å²) in [5, 5.41) is 10.8. The predicted octanol–water partition coefficient (Wildman–Crippen LogP) is 1.09. The molecule has 0 spiro atoms. The van der Waals surface area contributed by atoms with Crippen LogP contribution in [-0.2, 0) is 20.4 Å². The van der Waals surface area contributed by atoms with Gasteiger partial charge in [0.2, 0.25) is 10.0 Å². The Bertz CT molecular complexity index is 817. The van der Waals surface area contributed by atoms with Gasteiger partial charge in [-0.25, -0.2) is 13.1 Å². The highest BCUT2D eigenvalue weighted by Crippen LogP contribution is 2.30. The number of carbonyl (C=O) groups is 1. The van der Waals surface area contributed by atoms with Crippen molar-refractivity contribution in [3.05, 3.63) is 65.7 Å². The molecule has 0 radical (unpaired) electrons. The van der Waals surface area contributed by atoms with Gasteiger partial charge >= 0.3 is 0 Å². The van der Waals surface area contributed by atoms with Gasteiger partial charge in [-0.1, -0.05) is 42.5 Å². The maximum atomic E-state index is 12.1. The molecule has 0 saturated heterocycles. The third-order valence-corrected chi connectivity index (χ3v) is 5.20. The number of nitrogens with one attached hydrogen (secondary N) is 1. The maximum absolute atomic E-state index is 12.1. The number of benzene rings is 2. The van der Waals surface area contributed by atoms with E-state index in [-0.39, 0.29) is 16.5 Å². The molecule has 0 fully saturated rings. The molecule has 6 nitrogen and oxygen atoms in total. The summed E-state index contributed by atoms with van der Waals surface area (Å²) in [6, 6.07) is 13.4. The molecule has 1 amide bonds. The Kier molecular flexibility index (Phi) is 5.08. The number of hydrogen-bond donors (Lipinski definition) is 3. The largest absolute Gasteiger partial charge is 0.372 e. The fraction of sp³-hybridized carbons (Fsp3) is 0.235. The standard InChI is InChI=1S/C17H20N2O4S/c1-12(2)19-24(22,23)15-10-8-14(9-11-15)17(21,16(18)20)13-6-4-3-5-7-13/h3-12,19,21H,1-2H3,(H2,18,20). The maximum Gasteiger partial charge on any atom is 0.258 e. The first-order valence-corrected chi connectivity index (χ1v) is 8.87. The Balaban J connectivity index is 2.47. The lowest BCUT2D eigenvalue weighted by Crippen LogP contribution is -2.42. The molecule has 1 atom stereocenters. The summed E-state index contributed by atoms with van der Waals surface area (Å²) in [6.45, 7) is 3.43. The van der Waals surface area contributed by atoms with Crippen LogP contribution in [0.5, 0.6) is 0 Å². The first-order chi connectivity index (χ1) is 11.2. The van der Waals surface area contributed by atoms with E-state index in [1.165, 1.54) is 24.3 Å². The Labute approximate surface area is 141 Å². The number of carbonyl (C=O) groups excluding carboxylic acids is 1. The van der Waals surface area contributed by atoms with Crippen molar-refractivity contribution >= 4 is 15.9 Å². The molecule has 4 N–H and O–H groups in total. The molecule has 128 valence electrons. The average molecular weight is 348 g/mol. The molecule has 0 aromatic heterocycles. The second kappa shape index (κ2) is 6.72. The number of sulfonamides is 1. The fourth-order valence-electron chi connectivity index (χ4n) is 2.38. The highest BCUT2D eigenvalue weighted by atomic mass is 32.2. The van der Waals surface area contributed by atoms with Gasteiger partial charge in [-0.2, -0.15) is 0 Å². The molecule has 7 heteroatoms. The van der Waals surface area contributed by atoms with Crippen molar-refractivity contribution in [2.24, 2.45) is 5.73 Å². The molecule has 2 rings (SSSR count). The van der Waals surface area contributed by atoms with Gasteiger partial charge in [-0.15, -0.1) is 0 Å². The smallest absolute Gasteiger partial charge is 0.258 e. The topological polar surface area (TPSA) is 109 Å². The molecule has 0 aliphatic heterocycles. The summed E-state index contributed by atoms with van der Waals surface area (Å²) in [5.41, 5.74) is 3.88. The quantitative estimate of drug-likeness (QED) is 0.726. The van der Waals surface area contributed by atoms with Crippen LogP contribution < -0.4 is 10.5 Å². The fourth-order valence-corrected chi connectivity index (χ4v) is 3.64. The molecule has 24 heavy (non-hydrogen) atoms. The summed E-state index contributed by atoms with van der Waals surface area (Å²) in [6.07, 6.45) is 0. The second-order valence-electron chi connectivity index (χ2n) is 5.74. The lowest BCUT2D eigenvalue weighted by molar-refractivity contribution is -0.133. The summed E-state index contributed by atoms with van der Waals surface area (Å²) in [4.78, 5) is 11.9. The van der Waals surface area contributed by atoms with Gasteiger partial charge in [0.25, 0.3) is 5.91 Å². The minimum absolute atomic E-state index is 0.0415. The lowest BCUT2D eigenvalue weighted by Gasteiger charge is -2.26. The van der Waals surface area contributed by atoms with E-state index >= 15 is 0 Å². The zero-order valence-electron chi connectivity index (χ0n) is 13.4. The summed E-state index contributed by atoms with van der Waals surface area (Å²) >= 11 is 0. The number of rotatable bonds is 6. The van der Waals surface area contributed by atoms with Crippen LogP contribution in [0, 0.1) is 0 Å². The van der Waals surface area contributed by atoms with E-state index < -0.39 is 21.5 Å². The number of aliphatic hydroxyl groups is 1. The van der Waals surface area contributed by atoms with Gasteiger partial charge in [0.05, 0.1) is 4.90 Å². The molecule has 0 saturated carbocycles. The van der Waals surface area contributed by atoms with E-state index in [2.05, 4.69) is 4.72 Å². The Morgan fingerprint density at radius 1 is 1.04 bits per heavy atom. The number of primary amides is 1. The van der Waals surface area contributed by atoms with Crippen molar-refractivity contribution in [2.75, 3.05) is 0 Å². The van der Waals surface area contributed by atoms with Crippen LogP contribution >= 0.6 is 0 Å². The van der Waals surface area contributed by atoms with Crippen LogP contribution in [0.25, 0.3) is 0 Å². The van der Waals surface area contributed by atoms with Crippen molar-refractivity contribution in [1.29, 1.82) is 0 Å². The van der Waals surface area contributed by atoms with Gasteiger partial charge < -0.3 is 10.8 Å². The van der Waals surface area contributed by atoms with E-state index in [1.807, 2.05) is 0 Å². The molecular weight excluding hydrogens is 328 g/mol. The molecular formula is C17H20N2O4S. The highest BCUT2D eigenvalue weighted by Gasteiger charge is 2.38. The van der Waals surface area contributed by atoms with Gasteiger partial charge in [-0.3, -0.25) is 4.79 Å². The van der Waals surface area contributed by atoms with Gasteiger partial charge in [-0.05, 0) is 37.1 Å². The van der Waals surface area contributed by atoms with Gasteiger partial charge in [0.15, 0.2) is 5.60 Å². The van der Waals surface area contributed by atoms with Crippen molar-refractivity contribution < 1.29 is 18.3 Å². The predicted molar refractivity (Wildman–Crippen MR) is 90.5 cm³/mol. The molecule has 2 aromatic rings. The third-order valence-electron chi connectivity index (χ3n) is 3.52. The third kappa shape index (κ3) is 3.48. The monoisotopic (exact) mass is 348 g/mol. The van der Waals surface area contributed by atoms with Crippen LogP contribution in [0.15, 0.2) is 59.5 Å². The van der Waals surface area contributed by atoms with Crippen molar-refractivity contribution in [3.8, 4) is 0 Å². The summed E-state index contributed by atoms with van der Waals surface area (Å²) < 4.78 is 26.8. The zero-order valence-corrected chi connectivity index (χ0v) is 14.2. The van der Waals surface area contributed by atoms with Crippen LogP contribution in [0.2, 0.25) is 0 Å². The first kappa shape index (κ1) is 18.1. The van der Waals surface area contributed by atoms with Crippen LogP contribution in [0.3, 0.4) is 0 Å². The Hall–Kier alpha value is -2.22. The highest BCUT2D eigenvalue weighted by molar-refractivity contribution is 7.89. The van der Waals surface area contributed by atoms with E-state index in [1.54, 1.807) is 44.2 Å². The first-order valence-electron chi connectivity index (χ1n) is 7.38. The number of nitrogens with two attached hydrogens (primary N) is 1. The molecule has 0 bridgehead atoms. The summed E-state index contributed by atoms with van der Waals surface area (Å²) in [5.74, 6) is -0.940. The SMILES string of the molecule is CC(C)NS(=O)(=O)c1ccc(C(O)(C(N)=O)c2ccccc2)cc1. The van der Waals surface area contributed by atoms with E-state index in [4.69, 9.17) is 5.73 Å². The molecule has 1 unspecified atom stereocenters. The average Bonchev–Trinajstić information content (AvgIpc) is 2.53. The van der Waals surface area contributed by atoms with Crippen LogP contribution in [-0.4, -0.2) is 25.5 Å². The molecule has 0 aliphatic carbocycles. The zero-order chi connectivity index (χ0) is 18.0. The van der Waals surface area contributed by atoms with Crippen LogP contribution in [0.1, 0.15) is 25.0 Å². The normalized spacial score (nSPS) is 14.3. The molecule has 0 aliphatic rings. The molecule has 2 aromatic carbocycles. The van der Waals surface area contributed by atoms with E-state index in [9.17, 15) is 18.3 Å². The minimum atomic E-state index is -3.65. The van der Waals surface area contributed by atoms with Crippen LogP contribution in [0.4, 0.5) is 0 Å². The van der Waals surface area contributed by atoms with Crippen molar-refractivity contribution in [2.45, 2.75) is 30.4 Å². The van der Waals surface area contributed by atoms with E-state index in [0.717, 1.165) is 0 Å². The van der Waals surface area contributed by atoms with Gasteiger partial charge in [0.1, 0.15) is 0 Å². The Morgan fingerprint density at radius 3 is 2.00 bits per heavy atom. The van der Waals surface area contributed by atoms with E-state index in [0.29, 0.717) is 5.56 Å². The van der Waals surface area contributed by atoms with Crippen molar-refractivity contribution in [3.63, 3.8) is 0 Å². The minimum Gasteiger partial charge on any atom is -0.372 e. The number of hydrogen-bond acceptors (Lipinski definition) is 4. The lowest BCUT2D eigenvalue weighted by atomic mass is 9.86. The van der Waals surface area contributed by atoms with Crippen molar-refractivity contribution in [1.82, 2.24) is 4.72 Å². The number of amides is 1. The second-order valence-corrected chi connectivity index (χ2v) is 7.46. The Morgan fingerprint density at radius 2 is 1.54 bits per heavy atom.